The minimum Gasteiger partial charge on any atom is -0.321 e. The highest BCUT2D eigenvalue weighted by Gasteiger charge is 2.25. The number of nitrogens with one attached hydrogen (secondary N) is 2. The second kappa shape index (κ2) is 14.2. The lowest BCUT2D eigenvalue weighted by molar-refractivity contribution is 0.0896. The number of hydrogen-bond donors (Lipinski definition) is 2. The Labute approximate surface area is 254 Å². The Morgan fingerprint density at radius 1 is 0.927 bits per heavy atom. The molecule has 5 rings (SSSR count). The fourth-order valence-electron chi connectivity index (χ4n) is 5.62. The molecule has 3 aromatic rings. The summed E-state index contributed by atoms with van der Waals surface area (Å²) in [4.78, 5) is 31.3. The molecule has 9 heteroatoms. The lowest BCUT2D eigenvalue weighted by atomic mass is 9.99. The maximum atomic E-state index is 13.4. The van der Waals surface area contributed by atoms with Gasteiger partial charge >= 0.3 is 0 Å². The van der Waals surface area contributed by atoms with Crippen LogP contribution in [0.25, 0.3) is 0 Å². The molecule has 2 fully saturated rings. The molecule has 0 spiro atoms. The van der Waals surface area contributed by atoms with E-state index in [1.54, 1.807) is 30.3 Å². The van der Waals surface area contributed by atoms with Crippen LogP contribution >= 0.6 is 22.6 Å². The van der Waals surface area contributed by atoms with Crippen LogP contribution in [0.4, 0.5) is 10.1 Å². The van der Waals surface area contributed by atoms with E-state index in [9.17, 15) is 14.0 Å². The Morgan fingerprint density at radius 3 is 2.49 bits per heavy atom. The Balaban J connectivity index is 1.19. The third kappa shape index (κ3) is 8.21. The monoisotopic (exact) mass is 667 g/mol. The third-order valence-electron chi connectivity index (χ3n) is 7.76. The van der Waals surface area contributed by atoms with E-state index < -0.39 is 5.91 Å². The first-order valence-electron chi connectivity index (χ1n) is 14.2. The minimum absolute atomic E-state index is 0.283. The highest BCUT2D eigenvalue weighted by molar-refractivity contribution is 14.1. The molecule has 2 heterocycles. The number of halogens is 2. The van der Waals surface area contributed by atoms with Crippen molar-refractivity contribution in [2.24, 2.45) is 5.10 Å². The number of nitrogens with zero attached hydrogens (tertiary/aromatic N) is 3. The number of anilines is 1. The van der Waals surface area contributed by atoms with Crippen molar-refractivity contribution in [2.45, 2.75) is 44.7 Å². The Hall–Kier alpha value is -3.15. The summed E-state index contributed by atoms with van der Waals surface area (Å²) in [5.74, 6) is -1.15. The smallest absolute Gasteiger partial charge is 0.273 e. The van der Waals surface area contributed by atoms with Crippen molar-refractivity contribution in [3.63, 3.8) is 0 Å². The van der Waals surface area contributed by atoms with E-state index in [0.29, 0.717) is 22.9 Å². The third-order valence-corrected chi connectivity index (χ3v) is 8.43. The predicted molar refractivity (Wildman–Crippen MR) is 169 cm³/mol. The molecule has 3 aromatic carbocycles. The van der Waals surface area contributed by atoms with E-state index >= 15 is 0 Å². The van der Waals surface area contributed by atoms with E-state index in [0.717, 1.165) is 28.8 Å². The van der Waals surface area contributed by atoms with Crippen LogP contribution < -0.4 is 10.7 Å². The molecule has 0 aromatic heterocycles. The number of hydrogen-bond acceptors (Lipinski definition) is 5. The normalized spacial score (nSPS) is 17.0. The Morgan fingerprint density at radius 2 is 1.71 bits per heavy atom. The molecule has 0 aliphatic carbocycles. The van der Waals surface area contributed by atoms with Gasteiger partial charge in [0.05, 0.1) is 17.5 Å². The summed E-state index contributed by atoms with van der Waals surface area (Å²) < 4.78 is 14.2. The van der Waals surface area contributed by atoms with Crippen LogP contribution in [-0.4, -0.2) is 60.0 Å². The molecule has 0 atom stereocenters. The zero-order valence-electron chi connectivity index (χ0n) is 23.0. The van der Waals surface area contributed by atoms with Crippen molar-refractivity contribution >= 4 is 46.3 Å². The summed E-state index contributed by atoms with van der Waals surface area (Å²) in [6.45, 7) is 5.44. The van der Waals surface area contributed by atoms with Crippen LogP contribution in [0.5, 0.6) is 0 Å². The molecule has 214 valence electrons. The van der Waals surface area contributed by atoms with E-state index in [1.165, 1.54) is 63.5 Å². The number of likely N-dealkylation sites (tertiary alicyclic amines) is 2. The van der Waals surface area contributed by atoms with Crippen LogP contribution in [0.2, 0.25) is 0 Å². The topological polar surface area (TPSA) is 77.0 Å². The summed E-state index contributed by atoms with van der Waals surface area (Å²) in [6.07, 6.45) is 7.79. The van der Waals surface area contributed by atoms with Gasteiger partial charge in [0.15, 0.2) is 0 Å². The van der Waals surface area contributed by atoms with Gasteiger partial charge in [-0.05, 0) is 128 Å². The van der Waals surface area contributed by atoms with Gasteiger partial charge in [-0.15, -0.1) is 0 Å². The van der Waals surface area contributed by atoms with Crippen LogP contribution in [-0.2, 0) is 6.54 Å². The van der Waals surface area contributed by atoms with Crippen molar-refractivity contribution in [1.29, 1.82) is 0 Å². The molecular formula is C32H35FIN5O2. The van der Waals surface area contributed by atoms with E-state index in [2.05, 4.69) is 54.3 Å². The number of carbonyl (C=O) groups excluding carboxylic acids is 2. The van der Waals surface area contributed by atoms with Gasteiger partial charge in [-0.3, -0.25) is 14.5 Å². The average molecular weight is 668 g/mol. The van der Waals surface area contributed by atoms with Gasteiger partial charge in [-0.2, -0.15) is 5.10 Å². The molecule has 2 amide bonds. The number of carbonyl (C=O) groups is 2. The SMILES string of the molecule is O=C(Nc1ccc(I)cc1C(=O)NN=Cc1cccc(F)c1)c1cccc(CN2CCC(N3CCCCC3)CC2)c1. The highest BCUT2D eigenvalue weighted by atomic mass is 127. The number of amides is 2. The van der Waals surface area contributed by atoms with Crippen molar-refractivity contribution in [3.8, 4) is 0 Å². The zero-order chi connectivity index (χ0) is 28.6. The maximum absolute atomic E-state index is 13.4. The van der Waals surface area contributed by atoms with Crippen LogP contribution in [0.15, 0.2) is 71.8 Å². The lowest BCUT2D eigenvalue weighted by Crippen LogP contribution is -2.46. The molecular weight excluding hydrogens is 632 g/mol. The zero-order valence-corrected chi connectivity index (χ0v) is 25.1. The fourth-order valence-corrected chi connectivity index (χ4v) is 6.11. The molecule has 2 N–H and O–H groups in total. The van der Waals surface area contributed by atoms with Gasteiger partial charge in [0.1, 0.15) is 5.82 Å². The number of hydrazone groups is 1. The molecule has 7 nitrogen and oxygen atoms in total. The maximum Gasteiger partial charge on any atom is 0.273 e. The van der Waals surface area contributed by atoms with Gasteiger partial charge in [-0.25, -0.2) is 9.82 Å². The van der Waals surface area contributed by atoms with E-state index in [1.807, 2.05) is 18.2 Å². The Kier molecular flexibility index (Phi) is 10.1. The molecule has 2 saturated heterocycles. The lowest BCUT2D eigenvalue weighted by Gasteiger charge is -2.40. The summed E-state index contributed by atoms with van der Waals surface area (Å²) >= 11 is 2.12. The van der Waals surface area contributed by atoms with Crippen molar-refractivity contribution in [2.75, 3.05) is 31.5 Å². The molecule has 0 radical (unpaired) electrons. The average Bonchev–Trinajstić information content (AvgIpc) is 2.99. The quantitative estimate of drug-likeness (QED) is 0.178. The highest BCUT2D eigenvalue weighted by Crippen LogP contribution is 2.23. The van der Waals surface area contributed by atoms with Crippen LogP contribution in [0.1, 0.15) is 63.9 Å². The summed E-state index contributed by atoms with van der Waals surface area (Å²) in [6, 6.07) is 19.5. The second-order valence-corrected chi connectivity index (χ2v) is 11.9. The van der Waals surface area contributed by atoms with E-state index in [-0.39, 0.29) is 17.3 Å². The molecule has 0 bridgehead atoms. The van der Waals surface area contributed by atoms with E-state index in [4.69, 9.17) is 0 Å². The minimum atomic E-state index is -0.479. The molecule has 2 aliphatic rings. The summed E-state index contributed by atoms with van der Waals surface area (Å²) in [5.41, 5.74) is 5.31. The van der Waals surface area contributed by atoms with Gasteiger partial charge in [-0.1, -0.05) is 30.7 Å². The van der Waals surface area contributed by atoms with Gasteiger partial charge in [0.25, 0.3) is 11.8 Å². The molecule has 0 unspecified atom stereocenters. The number of rotatable bonds is 8. The van der Waals surface area contributed by atoms with Gasteiger partial charge < -0.3 is 10.2 Å². The summed E-state index contributed by atoms with van der Waals surface area (Å²) in [7, 11) is 0. The van der Waals surface area contributed by atoms with Crippen LogP contribution in [0, 0.1) is 9.39 Å². The van der Waals surface area contributed by atoms with Crippen LogP contribution in [0.3, 0.4) is 0 Å². The first-order chi connectivity index (χ1) is 19.9. The second-order valence-electron chi connectivity index (χ2n) is 10.7. The van der Waals surface area contributed by atoms with Crippen molar-refractivity contribution in [1.82, 2.24) is 15.2 Å². The van der Waals surface area contributed by atoms with Gasteiger partial charge in [0.2, 0.25) is 0 Å². The largest absolute Gasteiger partial charge is 0.321 e. The first kappa shape index (κ1) is 29.3. The Bertz CT molecular complexity index is 1400. The van der Waals surface area contributed by atoms with Crippen molar-refractivity contribution in [3.05, 3.63) is 98.4 Å². The molecule has 41 heavy (non-hydrogen) atoms. The van der Waals surface area contributed by atoms with Gasteiger partial charge in [0, 0.05) is 21.7 Å². The summed E-state index contributed by atoms with van der Waals surface area (Å²) in [5, 5.41) is 6.85. The molecule has 0 saturated carbocycles. The predicted octanol–water partition coefficient (Wildman–Crippen LogP) is 5.90. The first-order valence-corrected chi connectivity index (χ1v) is 15.3. The number of benzene rings is 3. The standard InChI is InChI=1S/C32H35FIN5O2/c33-26-9-5-6-23(19-26)21-35-37-32(41)29-20-27(34)10-11-30(29)36-31(40)25-8-4-7-24(18-25)22-38-16-12-28(13-17-38)39-14-2-1-3-15-39/h4-11,18-21,28H,1-3,12-17,22H2,(H,36,40)(H,37,41). The van der Waals surface area contributed by atoms with Crippen molar-refractivity contribution < 1.29 is 14.0 Å². The number of piperidine rings is 2. The fraction of sp³-hybridized carbons (Fsp3) is 0.344. The molecule has 2 aliphatic heterocycles.